The first kappa shape index (κ1) is 19.5. The summed E-state index contributed by atoms with van der Waals surface area (Å²) in [7, 11) is 0. The molecule has 1 heterocycles. The van der Waals surface area contributed by atoms with E-state index in [1.807, 2.05) is 16.8 Å². The van der Waals surface area contributed by atoms with E-state index in [2.05, 4.69) is 41.7 Å². The molecule has 0 saturated carbocycles. The van der Waals surface area contributed by atoms with Crippen LogP contribution in [0.5, 0.6) is 0 Å². The Kier molecular flexibility index (Phi) is 7.02. The molecule has 0 bridgehead atoms. The summed E-state index contributed by atoms with van der Waals surface area (Å²) in [6.45, 7) is 6.61. The number of amides is 1. The van der Waals surface area contributed by atoms with Gasteiger partial charge in [0.2, 0.25) is 0 Å². The predicted octanol–water partition coefficient (Wildman–Crippen LogP) is 2.82. The fourth-order valence-electron chi connectivity index (χ4n) is 3.27. The van der Waals surface area contributed by atoms with E-state index in [9.17, 15) is 4.79 Å². The van der Waals surface area contributed by atoms with Gasteiger partial charge in [-0.05, 0) is 50.8 Å². The molecule has 136 valence electrons. The molecule has 0 atom stereocenters. The highest BCUT2D eigenvalue weighted by Gasteiger charge is 2.27. The number of para-hydroxylation sites is 1. The van der Waals surface area contributed by atoms with Crippen LogP contribution in [0.3, 0.4) is 0 Å². The number of hydrogen-bond donors (Lipinski definition) is 2. The molecular weight excluding hydrogens is 336 g/mol. The minimum atomic E-state index is -0.0567. The average molecular weight is 363 g/mol. The molecule has 6 heteroatoms. The molecule has 1 aliphatic carbocycles. The van der Waals surface area contributed by atoms with Crippen molar-refractivity contribution in [3.63, 3.8) is 0 Å². The highest BCUT2D eigenvalue weighted by atomic mass is 35.5. The summed E-state index contributed by atoms with van der Waals surface area (Å²) in [5.74, 6) is -0.0567. The number of hydrogen-bond acceptors (Lipinski definition) is 3. The van der Waals surface area contributed by atoms with Crippen LogP contribution >= 0.6 is 12.4 Å². The van der Waals surface area contributed by atoms with Gasteiger partial charge in [-0.3, -0.25) is 4.79 Å². The lowest BCUT2D eigenvalue weighted by molar-refractivity contribution is 0.0947. The van der Waals surface area contributed by atoms with Crippen LogP contribution < -0.4 is 10.6 Å². The lowest BCUT2D eigenvalue weighted by atomic mass is 10.2. The second-order valence-electron chi connectivity index (χ2n) is 6.33. The van der Waals surface area contributed by atoms with Crippen LogP contribution in [0.2, 0.25) is 0 Å². The van der Waals surface area contributed by atoms with Gasteiger partial charge in [0.1, 0.15) is 0 Å². The molecular formula is C19H27ClN4O. The smallest absolute Gasteiger partial charge is 0.272 e. The summed E-state index contributed by atoms with van der Waals surface area (Å²) in [6, 6.07) is 8.19. The van der Waals surface area contributed by atoms with E-state index < -0.39 is 0 Å². The Morgan fingerprint density at radius 1 is 1.20 bits per heavy atom. The van der Waals surface area contributed by atoms with Crippen molar-refractivity contribution in [2.75, 3.05) is 19.6 Å². The highest BCUT2D eigenvalue weighted by Crippen LogP contribution is 2.28. The van der Waals surface area contributed by atoms with E-state index >= 15 is 0 Å². The minimum absolute atomic E-state index is 0. The van der Waals surface area contributed by atoms with Gasteiger partial charge in [0.25, 0.3) is 5.91 Å². The van der Waals surface area contributed by atoms with Gasteiger partial charge in [0, 0.05) is 24.3 Å². The maximum Gasteiger partial charge on any atom is 0.272 e. The first-order valence-electron chi connectivity index (χ1n) is 8.88. The summed E-state index contributed by atoms with van der Waals surface area (Å²) < 4.78 is 1.97. The van der Waals surface area contributed by atoms with Gasteiger partial charge in [0.05, 0.1) is 5.69 Å². The molecule has 0 spiro atoms. The summed E-state index contributed by atoms with van der Waals surface area (Å²) in [4.78, 5) is 12.6. The van der Waals surface area contributed by atoms with Crippen LogP contribution in [0.1, 0.15) is 47.1 Å². The van der Waals surface area contributed by atoms with Crippen molar-refractivity contribution in [1.29, 1.82) is 0 Å². The third-order valence-corrected chi connectivity index (χ3v) is 4.50. The molecule has 1 aliphatic rings. The molecule has 3 rings (SSSR count). The van der Waals surface area contributed by atoms with Crippen molar-refractivity contribution in [3.8, 4) is 5.69 Å². The molecule has 0 aliphatic heterocycles. The standard InChI is InChI=1S/C19H26N4O.ClH/c1-3-11-20-12-13-21-19(24)18-15-8-6-10-17(15)23(22-18)16-9-5-4-7-14(16)2;/h4-5,7,9,20H,3,6,8,10-13H2,1-2H3,(H,21,24);1H. The Morgan fingerprint density at radius 2 is 2.00 bits per heavy atom. The zero-order valence-electron chi connectivity index (χ0n) is 15.0. The molecule has 1 amide bonds. The van der Waals surface area contributed by atoms with E-state index in [4.69, 9.17) is 0 Å². The monoisotopic (exact) mass is 362 g/mol. The third kappa shape index (κ3) is 4.22. The van der Waals surface area contributed by atoms with Crippen LogP contribution in [0, 0.1) is 6.92 Å². The molecule has 0 saturated heterocycles. The summed E-state index contributed by atoms with van der Waals surface area (Å²) >= 11 is 0. The Hall–Kier alpha value is -1.85. The van der Waals surface area contributed by atoms with Gasteiger partial charge in [-0.25, -0.2) is 4.68 Å². The number of rotatable bonds is 7. The fourth-order valence-corrected chi connectivity index (χ4v) is 3.27. The first-order valence-corrected chi connectivity index (χ1v) is 8.88. The van der Waals surface area contributed by atoms with E-state index in [1.165, 1.54) is 11.3 Å². The predicted molar refractivity (Wildman–Crippen MR) is 103 cm³/mol. The SMILES string of the molecule is CCCNCCNC(=O)c1nn(-c2ccccc2C)c2c1CCC2.Cl. The van der Waals surface area contributed by atoms with Crippen LogP contribution in [-0.2, 0) is 12.8 Å². The second-order valence-corrected chi connectivity index (χ2v) is 6.33. The van der Waals surface area contributed by atoms with Gasteiger partial charge >= 0.3 is 0 Å². The summed E-state index contributed by atoms with van der Waals surface area (Å²) in [5.41, 5.74) is 5.15. The molecule has 0 radical (unpaired) electrons. The van der Waals surface area contributed by atoms with E-state index in [1.54, 1.807) is 0 Å². The topological polar surface area (TPSA) is 58.9 Å². The molecule has 1 aromatic heterocycles. The zero-order chi connectivity index (χ0) is 16.9. The third-order valence-electron chi connectivity index (χ3n) is 4.50. The van der Waals surface area contributed by atoms with Crippen molar-refractivity contribution >= 4 is 18.3 Å². The first-order chi connectivity index (χ1) is 11.7. The van der Waals surface area contributed by atoms with Gasteiger partial charge in [-0.2, -0.15) is 5.10 Å². The van der Waals surface area contributed by atoms with E-state index in [0.717, 1.165) is 50.0 Å². The van der Waals surface area contributed by atoms with Crippen LogP contribution in [-0.4, -0.2) is 35.3 Å². The lowest BCUT2D eigenvalue weighted by Gasteiger charge is -2.08. The summed E-state index contributed by atoms with van der Waals surface area (Å²) in [6.07, 6.45) is 4.12. The maximum absolute atomic E-state index is 12.6. The number of carbonyl (C=O) groups is 1. The molecule has 25 heavy (non-hydrogen) atoms. The Balaban J connectivity index is 0.00000225. The number of aryl methyl sites for hydroxylation is 1. The normalized spacial score (nSPS) is 12.6. The van der Waals surface area contributed by atoms with Gasteiger partial charge < -0.3 is 10.6 Å². The van der Waals surface area contributed by atoms with Crippen molar-refractivity contribution in [2.24, 2.45) is 0 Å². The fraction of sp³-hybridized carbons (Fsp3) is 0.474. The molecule has 0 fully saturated rings. The minimum Gasteiger partial charge on any atom is -0.349 e. The number of fused-ring (bicyclic) bond motifs is 1. The quantitative estimate of drug-likeness (QED) is 0.744. The maximum atomic E-state index is 12.6. The van der Waals surface area contributed by atoms with Crippen molar-refractivity contribution in [3.05, 3.63) is 46.8 Å². The van der Waals surface area contributed by atoms with E-state index in [0.29, 0.717) is 12.2 Å². The van der Waals surface area contributed by atoms with Crippen LogP contribution in [0.25, 0.3) is 5.69 Å². The second kappa shape index (κ2) is 9.02. The number of aromatic nitrogens is 2. The number of nitrogens with zero attached hydrogens (tertiary/aromatic N) is 2. The number of benzene rings is 1. The van der Waals surface area contributed by atoms with Crippen molar-refractivity contribution in [2.45, 2.75) is 39.5 Å². The Bertz CT molecular complexity index is 726. The molecule has 0 unspecified atom stereocenters. The van der Waals surface area contributed by atoms with Crippen LogP contribution in [0.15, 0.2) is 24.3 Å². The largest absolute Gasteiger partial charge is 0.349 e. The zero-order valence-corrected chi connectivity index (χ0v) is 15.8. The molecule has 1 aromatic carbocycles. The molecule has 2 N–H and O–H groups in total. The number of carbonyl (C=O) groups excluding carboxylic acids is 1. The van der Waals surface area contributed by atoms with Crippen molar-refractivity contribution < 1.29 is 4.79 Å². The Labute approximate surface area is 155 Å². The van der Waals surface area contributed by atoms with Crippen molar-refractivity contribution in [1.82, 2.24) is 20.4 Å². The van der Waals surface area contributed by atoms with Gasteiger partial charge in [-0.1, -0.05) is 25.1 Å². The number of halogens is 1. The average Bonchev–Trinajstić information content (AvgIpc) is 3.17. The van der Waals surface area contributed by atoms with Gasteiger partial charge in [0.15, 0.2) is 5.69 Å². The highest BCUT2D eigenvalue weighted by molar-refractivity contribution is 5.94. The molecule has 5 nitrogen and oxygen atoms in total. The van der Waals surface area contributed by atoms with E-state index in [-0.39, 0.29) is 18.3 Å². The lowest BCUT2D eigenvalue weighted by Crippen LogP contribution is -2.32. The molecule has 2 aromatic rings. The summed E-state index contributed by atoms with van der Waals surface area (Å²) in [5, 5.41) is 10.9. The Morgan fingerprint density at radius 3 is 2.76 bits per heavy atom. The van der Waals surface area contributed by atoms with Gasteiger partial charge in [-0.15, -0.1) is 12.4 Å². The van der Waals surface area contributed by atoms with Crippen LogP contribution in [0.4, 0.5) is 0 Å². The number of nitrogens with one attached hydrogen (secondary N) is 2.